The van der Waals surface area contributed by atoms with E-state index in [-0.39, 0.29) is 23.5 Å². The minimum atomic E-state index is -4.32. The first-order valence-electron chi connectivity index (χ1n) is 11.7. The fourth-order valence-corrected chi connectivity index (χ4v) is 4.46. The second-order valence-corrected chi connectivity index (χ2v) is 10.1. The summed E-state index contributed by atoms with van der Waals surface area (Å²) in [5.41, 5.74) is 0.207. The molecule has 3 rings (SSSR count). The number of rotatable bonds is 11. The summed E-state index contributed by atoms with van der Waals surface area (Å²) < 4.78 is 41.3. The molecule has 1 fully saturated rings. The predicted octanol–water partition coefficient (Wildman–Crippen LogP) is 0.522. The fraction of sp³-hybridized carbons (Fsp3) is 0.458. The zero-order valence-corrected chi connectivity index (χ0v) is 21.3. The van der Waals surface area contributed by atoms with Gasteiger partial charge in [0.1, 0.15) is 35.1 Å². The summed E-state index contributed by atoms with van der Waals surface area (Å²) in [5.74, 6) is -0.368. The largest absolute Gasteiger partial charge is 0.454 e. The van der Waals surface area contributed by atoms with Crippen LogP contribution >= 0.6 is 0 Å². The van der Waals surface area contributed by atoms with Gasteiger partial charge in [0.2, 0.25) is 10.0 Å². The molecule has 1 saturated heterocycles. The molecule has 5 atom stereocenters. The van der Waals surface area contributed by atoms with E-state index in [2.05, 4.69) is 10.6 Å². The number of benzene rings is 2. The summed E-state index contributed by atoms with van der Waals surface area (Å²) in [4.78, 5) is 12.6. The van der Waals surface area contributed by atoms with Crippen LogP contribution in [0, 0.1) is 0 Å². The van der Waals surface area contributed by atoms with E-state index in [1.54, 1.807) is 30.3 Å². The molecule has 13 heteroatoms. The van der Waals surface area contributed by atoms with Crippen molar-refractivity contribution in [3.05, 3.63) is 48.0 Å². The Morgan fingerprint density at radius 2 is 1.81 bits per heavy atom. The molecule has 1 aliphatic heterocycles. The summed E-state index contributed by atoms with van der Waals surface area (Å²) in [7, 11) is -3.06. The number of aliphatic hydroxyl groups is 3. The Morgan fingerprint density at radius 1 is 1.11 bits per heavy atom. The average molecular weight is 540 g/mol. The number of carbonyl (C=O) groups excluding carboxylic acids is 1. The lowest BCUT2D eigenvalue weighted by Gasteiger charge is -2.39. The molecule has 0 aliphatic carbocycles. The summed E-state index contributed by atoms with van der Waals surface area (Å²) in [6, 6.07) is 11.1. The molecule has 1 unspecified atom stereocenters. The number of anilines is 1. The lowest BCUT2D eigenvalue weighted by molar-refractivity contribution is -0.288. The standard InChI is InChI=1S/C24H33N3O9S/c1-3-4-10-26-16-11-14(12-18(37(25,32)33)22(16)35-15-8-6-5-7-9-15)23(31)27-13-17-19(28)20(29)21(30)24(34-2)36-17/h5-9,11-12,17,19-21,24,26,28-30H,3-4,10,13H2,1-2H3,(H,27,31)(H2,25,32,33)/t17-,19-,20+,21-,24?/m0/s1. The van der Waals surface area contributed by atoms with Crippen LogP contribution in [0.3, 0.4) is 0 Å². The van der Waals surface area contributed by atoms with Crippen LogP contribution in [0.25, 0.3) is 0 Å². The molecule has 1 amide bonds. The average Bonchev–Trinajstić information content (AvgIpc) is 2.87. The zero-order chi connectivity index (χ0) is 27.2. The van der Waals surface area contributed by atoms with Gasteiger partial charge >= 0.3 is 0 Å². The van der Waals surface area contributed by atoms with Gasteiger partial charge in [-0.3, -0.25) is 4.79 Å². The first-order valence-corrected chi connectivity index (χ1v) is 13.3. The monoisotopic (exact) mass is 539 g/mol. The molecule has 0 radical (unpaired) electrons. The smallest absolute Gasteiger partial charge is 0.251 e. The number of ether oxygens (including phenoxy) is 3. The first-order chi connectivity index (χ1) is 17.6. The minimum absolute atomic E-state index is 0.0439. The highest BCUT2D eigenvalue weighted by atomic mass is 32.2. The van der Waals surface area contributed by atoms with Crippen molar-refractivity contribution in [3.8, 4) is 11.5 Å². The number of para-hydroxylation sites is 1. The Kier molecular flexibility index (Phi) is 9.84. The Hall–Kier alpha value is -2.78. The number of hydrogen-bond donors (Lipinski definition) is 6. The SMILES string of the molecule is CCCCNc1cc(C(=O)NC[C@@H]2OC(OC)[C@@H](O)[C@H](O)[C@H]2O)cc(S(N)(=O)=O)c1Oc1ccccc1. The third-order valence-electron chi connectivity index (χ3n) is 5.80. The van der Waals surface area contributed by atoms with Crippen LogP contribution in [0.15, 0.2) is 47.4 Å². The van der Waals surface area contributed by atoms with Crippen molar-refractivity contribution in [2.45, 2.75) is 55.4 Å². The summed E-state index contributed by atoms with van der Waals surface area (Å²) in [6.07, 6.45) is -5.20. The van der Waals surface area contributed by atoms with E-state index < -0.39 is 51.5 Å². The molecule has 0 aromatic heterocycles. The quantitative estimate of drug-likeness (QED) is 0.220. The molecule has 1 heterocycles. The molecular weight excluding hydrogens is 506 g/mol. The highest BCUT2D eigenvalue weighted by Crippen LogP contribution is 2.37. The Morgan fingerprint density at radius 3 is 2.43 bits per heavy atom. The molecule has 2 aromatic rings. The number of amides is 1. The van der Waals surface area contributed by atoms with Crippen LogP contribution in [0.4, 0.5) is 5.69 Å². The molecule has 0 spiro atoms. The van der Waals surface area contributed by atoms with Crippen molar-refractivity contribution in [3.63, 3.8) is 0 Å². The molecular formula is C24H33N3O9S. The van der Waals surface area contributed by atoms with Gasteiger partial charge in [0.15, 0.2) is 12.0 Å². The van der Waals surface area contributed by atoms with Crippen LogP contribution in [-0.2, 0) is 19.5 Å². The zero-order valence-electron chi connectivity index (χ0n) is 20.5. The van der Waals surface area contributed by atoms with Crippen molar-refractivity contribution in [2.75, 3.05) is 25.5 Å². The maximum atomic E-state index is 13.0. The Balaban J connectivity index is 1.90. The number of nitrogens with one attached hydrogen (secondary N) is 2. The molecule has 0 saturated carbocycles. The van der Waals surface area contributed by atoms with Crippen molar-refractivity contribution in [1.82, 2.24) is 5.32 Å². The van der Waals surface area contributed by atoms with Crippen LogP contribution in [0.2, 0.25) is 0 Å². The van der Waals surface area contributed by atoms with Gasteiger partial charge in [-0.25, -0.2) is 13.6 Å². The van der Waals surface area contributed by atoms with E-state index in [0.717, 1.165) is 18.9 Å². The molecule has 37 heavy (non-hydrogen) atoms. The van der Waals surface area contributed by atoms with E-state index >= 15 is 0 Å². The fourth-order valence-electron chi connectivity index (χ4n) is 3.76. The number of unbranched alkanes of at least 4 members (excludes halogenated alkanes) is 1. The van der Waals surface area contributed by atoms with Crippen LogP contribution in [-0.4, -0.2) is 80.5 Å². The summed E-state index contributed by atoms with van der Waals surface area (Å²) in [6.45, 7) is 2.21. The first kappa shape index (κ1) is 28.8. The number of sulfonamides is 1. The maximum Gasteiger partial charge on any atom is 0.251 e. The van der Waals surface area contributed by atoms with Crippen LogP contribution in [0.5, 0.6) is 11.5 Å². The molecule has 204 valence electrons. The molecule has 0 bridgehead atoms. The molecule has 2 aromatic carbocycles. The van der Waals surface area contributed by atoms with Crippen molar-refractivity contribution in [2.24, 2.45) is 5.14 Å². The van der Waals surface area contributed by atoms with E-state index in [4.69, 9.17) is 19.3 Å². The van der Waals surface area contributed by atoms with E-state index in [9.17, 15) is 28.5 Å². The third-order valence-corrected chi connectivity index (χ3v) is 6.71. The predicted molar refractivity (Wildman–Crippen MR) is 134 cm³/mol. The van der Waals surface area contributed by atoms with E-state index in [1.165, 1.54) is 13.2 Å². The molecule has 7 N–H and O–H groups in total. The van der Waals surface area contributed by atoms with E-state index in [1.807, 2.05) is 6.92 Å². The Labute approximate surface area is 215 Å². The van der Waals surface area contributed by atoms with Gasteiger partial charge in [0.25, 0.3) is 5.91 Å². The highest BCUT2D eigenvalue weighted by Gasteiger charge is 2.44. The second kappa shape index (κ2) is 12.6. The highest BCUT2D eigenvalue weighted by molar-refractivity contribution is 7.89. The minimum Gasteiger partial charge on any atom is -0.454 e. The second-order valence-electron chi connectivity index (χ2n) is 8.55. The van der Waals surface area contributed by atoms with Gasteiger partial charge in [-0.2, -0.15) is 0 Å². The van der Waals surface area contributed by atoms with Gasteiger partial charge in [0.05, 0.1) is 5.69 Å². The lowest BCUT2D eigenvalue weighted by Crippen LogP contribution is -2.60. The van der Waals surface area contributed by atoms with Crippen LogP contribution < -0.4 is 20.5 Å². The number of methoxy groups -OCH3 is 1. The maximum absolute atomic E-state index is 13.0. The van der Waals surface area contributed by atoms with Gasteiger partial charge in [0, 0.05) is 25.8 Å². The van der Waals surface area contributed by atoms with Crippen molar-refractivity contribution in [1.29, 1.82) is 0 Å². The number of hydrogen-bond acceptors (Lipinski definition) is 10. The number of primary sulfonamides is 1. The molecule has 1 aliphatic rings. The van der Waals surface area contributed by atoms with Crippen LogP contribution in [0.1, 0.15) is 30.1 Å². The molecule has 12 nitrogen and oxygen atoms in total. The number of nitrogens with two attached hydrogens (primary N) is 1. The summed E-state index contributed by atoms with van der Waals surface area (Å²) in [5, 5.41) is 41.3. The van der Waals surface area contributed by atoms with E-state index in [0.29, 0.717) is 12.3 Å². The van der Waals surface area contributed by atoms with Gasteiger partial charge < -0.3 is 40.2 Å². The van der Waals surface area contributed by atoms with Crippen molar-refractivity contribution >= 4 is 21.6 Å². The van der Waals surface area contributed by atoms with Gasteiger partial charge in [-0.05, 0) is 30.7 Å². The number of aliphatic hydroxyl groups excluding tert-OH is 3. The lowest BCUT2D eigenvalue weighted by atomic mass is 9.99. The number of carbonyl (C=O) groups is 1. The van der Waals surface area contributed by atoms with Crippen molar-refractivity contribution < 1.29 is 42.7 Å². The Bertz CT molecular complexity index is 1160. The van der Waals surface area contributed by atoms with Gasteiger partial charge in [-0.15, -0.1) is 0 Å². The summed E-state index contributed by atoms with van der Waals surface area (Å²) >= 11 is 0. The third kappa shape index (κ3) is 7.17. The van der Waals surface area contributed by atoms with Gasteiger partial charge in [-0.1, -0.05) is 31.5 Å². The normalized spacial score (nSPS) is 23.9. The topological polar surface area (TPSA) is 190 Å².